The van der Waals surface area contributed by atoms with E-state index in [0.29, 0.717) is 0 Å². The van der Waals surface area contributed by atoms with Crippen molar-refractivity contribution in [3.05, 3.63) is 29.8 Å². The monoisotopic (exact) mass is 251 g/mol. The summed E-state index contributed by atoms with van der Waals surface area (Å²) in [5.41, 5.74) is 0. The molecule has 0 N–H and O–H groups in total. The van der Waals surface area contributed by atoms with Crippen LogP contribution in [0.5, 0.6) is 5.75 Å². The van der Waals surface area contributed by atoms with Gasteiger partial charge in [-0.3, -0.25) is 0 Å². The lowest BCUT2D eigenvalue weighted by Gasteiger charge is -2.14. The molecule has 0 heterocycles. The van der Waals surface area contributed by atoms with Crippen molar-refractivity contribution in [2.45, 2.75) is 6.18 Å². The fraction of sp³-hybridized carbons (Fsp3) is 0.300. The van der Waals surface area contributed by atoms with E-state index >= 15 is 0 Å². The molecule has 1 rings (SSSR count). The normalized spacial score (nSPS) is 12.9. The van der Waals surface area contributed by atoms with Gasteiger partial charge in [0.2, 0.25) is 0 Å². The fourth-order valence-corrected chi connectivity index (χ4v) is 0.992. The summed E-state index contributed by atoms with van der Waals surface area (Å²) in [4.78, 5) is 0. The van der Waals surface area contributed by atoms with Gasteiger partial charge in [-0.1, -0.05) is 6.07 Å². The Morgan fingerprint density at radius 3 is 2.18 bits per heavy atom. The van der Waals surface area contributed by atoms with E-state index in [1.807, 2.05) is 0 Å². The van der Waals surface area contributed by atoms with Gasteiger partial charge in [0.15, 0.2) is 23.3 Å². The van der Waals surface area contributed by atoms with Crippen molar-refractivity contribution in [1.29, 1.82) is 5.26 Å². The molecule has 0 aliphatic heterocycles. The molecule has 0 bridgehead atoms. The molecule has 0 saturated carbocycles. The zero-order valence-corrected chi connectivity index (χ0v) is 8.26. The van der Waals surface area contributed by atoms with Gasteiger partial charge in [-0.2, -0.15) is 18.4 Å². The highest BCUT2D eigenvalue weighted by Crippen LogP contribution is 2.28. The first-order valence-electron chi connectivity index (χ1n) is 4.39. The number of halogens is 5. The maximum absolute atomic E-state index is 13.0. The Kier molecular flexibility index (Phi) is 3.89. The number of para-hydroxylation sites is 1. The number of nitriles is 1. The van der Waals surface area contributed by atoms with Gasteiger partial charge in [-0.05, 0) is 12.1 Å². The average Bonchev–Trinajstić information content (AvgIpc) is 2.20. The number of hydrogen-bond donors (Lipinski definition) is 0. The minimum Gasteiger partial charge on any atom is -0.486 e. The van der Waals surface area contributed by atoms with E-state index in [0.717, 1.165) is 24.3 Å². The predicted octanol–water partition coefficient (Wildman–Crippen LogP) is 3.05. The lowest BCUT2D eigenvalue weighted by molar-refractivity contribution is -0.165. The minimum absolute atomic E-state index is 0.841. The van der Waals surface area contributed by atoms with Crippen molar-refractivity contribution in [1.82, 2.24) is 0 Å². The first-order valence-corrected chi connectivity index (χ1v) is 4.39. The van der Waals surface area contributed by atoms with Gasteiger partial charge >= 0.3 is 6.18 Å². The lowest BCUT2D eigenvalue weighted by Crippen LogP contribution is -2.27. The summed E-state index contributed by atoms with van der Waals surface area (Å²) < 4.78 is 66.7. The summed E-state index contributed by atoms with van der Waals surface area (Å²) in [6.45, 7) is -1.15. The molecular weight excluding hydrogens is 245 g/mol. The number of ether oxygens (including phenoxy) is 1. The minimum atomic E-state index is -4.80. The molecule has 0 aliphatic carbocycles. The highest BCUT2D eigenvalue weighted by atomic mass is 19.4. The second-order valence-electron chi connectivity index (χ2n) is 3.09. The Balaban J connectivity index is 2.78. The Morgan fingerprint density at radius 1 is 1.24 bits per heavy atom. The van der Waals surface area contributed by atoms with E-state index in [2.05, 4.69) is 4.74 Å². The fourth-order valence-electron chi connectivity index (χ4n) is 0.992. The number of benzene rings is 1. The summed E-state index contributed by atoms with van der Waals surface area (Å²) in [7, 11) is 0. The van der Waals surface area contributed by atoms with E-state index in [1.165, 1.54) is 0 Å². The Labute approximate surface area is 93.2 Å². The van der Waals surface area contributed by atoms with Crippen LogP contribution in [0.3, 0.4) is 0 Å². The van der Waals surface area contributed by atoms with Crippen LogP contribution in [-0.4, -0.2) is 12.8 Å². The third kappa shape index (κ3) is 3.31. The standard InChI is InChI=1S/C10H6F5NO/c11-7-2-1-3-8(12)9(7)17-5-6(4-16)10(13,14)15/h1-3,6H,5H2. The van der Waals surface area contributed by atoms with Crippen LogP contribution in [-0.2, 0) is 0 Å². The van der Waals surface area contributed by atoms with Crippen LogP contribution in [0.2, 0.25) is 0 Å². The molecule has 0 amide bonds. The number of nitrogens with zero attached hydrogens (tertiary/aromatic N) is 1. The lowest BCUT2D eigenvalue weighted by atomic mass is 10.2. The van der Waals surface area contributed by atoms with Crippen LogP contribution in [0.25, 0.3) is 0 Å². The Bertz CT molecular complexity index is 417. The van der Waals surface area contributed by atoms with E-state index in [4.69, 9.17) is 5.26 Å². The van der Waals surface area contributed by atoms with Crippen molar-refractivity contribution < 1.29 is 26.7 Å². The van der Waals surface area contributed by atoms with Crippen molar-refractivity contribution >= 4 is 0 Å². The molecule has 0 saturated heterocycles. The van der Waals surface area contributed by atoms with Crippen molar-refractivity contribution in [2.24, 2.45) is 5.92 Å². The molecular formula is C10H6F5NO. The maximum atomic E-state index is 13.0. The van der Waals surface area contributed by atoms with Crippen molar-refractivity contribution in [3.8, 4) is 11.8 Å². The van der Waals surface area contributed by atoms with Crippen LogP contribution >= 0.6 is 0 Å². The van der Waals surface area contributed by atoms with Gasteiger partial charge < -0.3 is 4.74 Å². The van der Waals surface area contributed by atoms with Crippen LogP contribution in [0, 0.1) is 28.9 Å². The predicted molar refractivity (Wildman–Crippen MR) is 47.0 cm³/mol. The molecule has 17 heavy (non-hydrogen) atoms. The Hall–Kier alpha value is -1.84. The molecule has 7 heteroatoms. The first-order chi connectivity index (χ1) is 7.86. The third-order valence-corrected chi connectivity index (χ3v) is 1.86. The van der Waals surface area contributed by atoms with Gasteiger partial charge in [0.25, 0.3) is 0 Å². The van der Waals surface area contributed by atoms with Gasteiger partial charge in [-0.25, -0.2) is 8.78 Å². The molecule has 1 aromatic carbocycles. The second-order valence-corrected chi connectivity index (χ2v) is 3.09. The summed E-state index contributed by atoms with van der Waals surface area (Å²) in [6, 6.07) is 3.68. The van der Waals surface area contributed by atoms with E-state index in [-0.39, 0.29) is 0 Å². The number of hydrogen-bond acceptors (Lipinski definition) is 2. The second kappa shape index (κ2) is 4.99. The molecule has 0 aliphatic rings. The topological polar surface area (TPSA) is 33.0 Å². The molecule has 0 spiro atoms. The average molecular weight is 251 g/mol. The molecule has 0 fully saturated rings. The maximum Gasteiger partial charge on any atom is 0.407 e. The highest BCUT2D eigenvalue weighted by molar-refractivity contribution is 5.26. The SMILES string of the molecule is N#CC(COc1c(F)cccc1F)C(F)(F)F. The van der Waals surface area contributed by atoms with E-state index in [1.54, 1.807) is 0 Å². The van der Waals surface area contributed by atoms with Gasteiger partial charge in [-0.15, -0.1) is 0 Å². The largest absolute Gasteiger partial charge is 0.486 e. The molecule has 92 valence electrons. The van der Waals surface area contributed by atoms with Crippen molar-refractivity contribution in [2.75, 3.05) is 6.61 Å². The molecule has 1 aromatic rings. The van der Waals surface area contributed by atoms with Crippen molar-refractivity contribution in [3.63, 3.8) is 0 Å². The van der Waals surface area contributed by atoms with Crippen LogP contribution in [0.15, 0.2) is 18.2 Å². The van der Waals surface area contributed by atoms with E-state index in [9.17, 15) is 22.0 Å². The molecule has 1 unspecified atom stereocenters. The van der Waals surface area contributed by atoms with Crippen LogP contribution < -0.4 is 4.74 Å². The van der Waals surface area contributed by atoms with Gasteiger partial charge in [0.05, 0.1) is 6.07 Å². The zero-order chi connectivity index (χ0) is 13.1. The molecule has 1 atom stereocenters. The summed E-state index contributed by atoms with van der Waals surface area (Å²) in [5.74, 6) is -5.59. The van der Waals surface area contributed by atoms with Gasteiger partial charge in [0, 0.05) is 0 Å². The number of rotatable bonds is 3. The molecule has 0 radical (unpaired) electrons. The van der Waals surface area contributed by atoms with Crippen LogP contribution in [0.4, 0.5) is 22.0 Å². The first kappa shape index (κ1) is 13.2. The van der Waals surface area contributed by atoms with E-state index < -0.39 is 36.1 Å². The molecule has 0 aromatic heterocycles. The highest BCUT2D eigenvalue weighted by Gasteiger charge is 2.40. The number of alkyl halides is 3. The summed E-state index contributed by atoms with van der Waals surface area (Å²) in [5, 5.41) is 8.24. The van der Waals surface area contributed by atoms with Gasteiger partial charge in [0.1, 0.15) is 6.61 Å². The van der Waals surface area contributed by atoms with Crippen LogP contribution in [0.1, 0.15) is 0 Å². The summed E-state index contributed by atoms with van der Waals surface area (Å²) >= 11 is 0. The summed E-state index contributed by atoms with van der Waals surface area (Å²) in [6.07, 6.45) is -4.80. The molecule has 2 nitrogen and oxygen atoms in total. The third-order valence-electron chi connectivity index (χ3n) is 1.86. The zero-order valence-electron chi connectivity index (χ0n) is 8.26. The smallest absolute Gasteiger partial charge is 0.407 e. The Morgan fingerprint density at radius 2 is 1.76 bits per heavy atom. The quantitative estimate of drug-likeness (QED) is 0.773.